The van der Waals surface area contributed by atoms with Gasteiger partial charge in [-0.3, -0.25) is 4.79 Å². The molecule has 0 unspecified atom stereocenters. The van der Waals surface area contributed by atoms with E-state index < -0.39 is 10.0 Å². The molecule has 3 aromatic rings. The highest BCUT2D eigenvalue weighted by Gasteiger charge is 2.34. The lowest BCUT2D eigenvalue weighted by Gasteiger charge is -2.36. The summed E-state index contributed by atoms with van der Waals surface area (Å²) in [6.45, 7) is 4.47. The van der Waals surface area contributed by atoms with E-state index in [1.54, 1.807) is 29.2 Å². The molecule has 1 aliphatic heterocycles. The van der Waals surface area contributed by atoms with Crippen molar-refractivity contribution in [3.05, 3.63) is 72.3 Å². The molecule has 9 heteroatoms. The van der Waals surface area contributed by atoms with E-state index in [0.717, 1.165) is 35.5 Å². The third kappa shape index (κ3) is 5.57. The Kier molecular flexibility index (Phi) is 7.02. The average Bonchev–Trinajstić information content (AvgIpc) is 3.73. The third-order valence-corrected chi connectivity index (χ3v) is 8.63. The van der Waals surface area contributed by atoms with Crippen molar-refractivity contribution in [1.29, 1.82) is 0 Å². The predicted molar refractivity (Wildman–Crippen MR) is 139 cm³/mol. The number of hydrogen-bond acceptors (Lipinski definition) is 6. The molecule has 0 atom stereocenters. The molecule has 1 saturated carbocycles. The van der Waals surface area contributed by atoms with Gasteiger partial charge in [0.1, 0.15) is 0 Å². The minimum absolute atomic E-state index is 0.127. The van der Waals surface area contributed by atoms with Gasteiger partial charge in [-0.1, -0.05) is 48.0 Å². The largest absolute Gasteiger partial charge is 0.352 e. The Morgan fingerprint density at radius 1 is 0.917 bits per heavy atom. The van der Waals surface area contributed by atoms with E-state index in [1.165, 1.54) is 4.31 Å². The summed E-state index contributed by atoms with van der Waals surface area (Å²) < 4.78 is 28.0. The molecule has 0 radical (unpaired) electrons. The number of amides is 1. The van der Waals surface area contributed by atoms with Gasteiger partial charge in [-0.25, -0.2) is 8.42 Å². The number of carbonyl (C=O) groups is 1. The molecule has 0 spiro atoms. The number of sulfonamides is 1. The second kappa shape index (κ2) is 10.4. The van der Waals surface area contributed by atoms with Crippen LogP contribution in [0.15, 0.2) is 71.6 Å². The predicted octanol–water partition coefficient (Wildman–Crippen LogP) is 3.20. The first-order chi connectivity index (χ1) is 17.4. The number of aromatic nitrogens is 2. The highest BCUT2D eigenvalue weighted by molar-refractivity contribution is 7.89. The summed E-state index contributed by atoms with van der Waals surface area (Å²) in [5.41, 5.74) is 2.83. The van der Waals surface area contributed by atoms with Crippen LogP contribution in [0.4, 0.5) is 5.82 Å². The molecule has 5 rings (SSSR count). The summed E-state index contributed by atoms with van der Waals surface area (Å²) in [6, 6.07) is 20.7. The normalized spacial score (nSPS) is 16.4. The number of nitrogens with zero attached hydrogens (tertiary/aromatic N) is 5. The molecule has 1 aliphatic carbocycles. The average molecular weight is 506 g/mol. The molecule has 8 nitrogen and oxygen atoms in total. The molecule has 188 valence electrons. The van der Waals surface area contributed by atoms with Crippen LogP contribution in [0.25, 0.3) is 11.3 Å². The van der Waals surface area contributed by atoms with Crippen LogP contribution in [-0.2, 0) is 14.8 Å². The molecular formula is C27H31N5O3S. The SMILES string of the molecule is Cc1ccc(S(=O)(=O)N(CC(=O)N2CCN(c3ccc(-c4ccccc4)nn3)CC2)CC2CC2)cc1. The number of aryl methyl sites for hydroxylation is 1. The molecule has 1 saturated heterocycles. The highest BCUT2D eigenvalue weighted by Crippen LogP contribution is 2.32. The van der Waals surface area contributed by atoms with E-state index in [-0.39, 0.29) is 17.3 Å². The summed E-state index contributed by atoms with van der Waals surface area (Å²) >= 11 is 0. The van der Waals surface area contributed by atoms with Crippen LogP contribution >= 0.6 is 0 Å². The minimum Gasteiger partial charge on any atom is -0.352 e. The second-order valence-electron chi connectivity index (χ2n) is 9.56. The number of rotatable bonds is 8. The zero-order valence-corrected chi connectivity index (χ0v) is 21.3. The van der Waals surface area contributed by atoms with Gasteiger partial charge in [0.05, 0.1) is 17.1 Å². The lowest BCUT2D eigenvalue weighted by molar-refractivity contribution is -0.131. The zero-order chi connectivity index (χ0) is 25.1. The van der Waals surface area contributed by atoms with Crippen LogP contribution in [0.3, 0.4) is 0 Å². The van der Waals surface area contributed by atoms with Gasteiger partial charge in [0, 0.05) is 38.3 Å². The maximum Gasteiger partial charge on any atom is 0.243 e. The van der Waals surface area contributed by atoms with Gasteiger partial charge in [-0.05, 0) is 49.9 Å². The Labute approximate surface area is 212 Å². The van der Waals surface area contributed by atoms with Crippen LogP contribution in [0.5, 0.6) is 0 Å². The molecule has 1 aromatic heterocycles. The van der Waals surface area contributed by atoms with E-state index in [2.05, 4.69) is 15.1 Å². The van der Waals surface area contributed by atoms with Crippen molar-refractivity contribution < 1.29 is 13.2 Å². The smallest absolute Gasteiger partial charge is 0.243 e. The maximum absolute atomic E-state index is 13.3. The van der Waals surface area contributed by atoms with Gasteiger partial charge in [0.2, 0.25) is 15.9 Å². The Bertz CT molecular complexity index is 1290. The van der Waals surface area contributed by atoms with Crippen LogP contribution < -0.4 is 4.90 Å². The fraction of sp³-hybridized carbons (Fsp3) is 0.370. The van der Waals surface area contributed by atoms with E-state index in [4.69, 9.17) is 0 Å². The maximum atomic E-state index is 13.3. The van der Waals surface area contributed by atoms with Crippen LogP contribution in [0.2, 0.25) is 0 Å². The number of piperazine rings is 1. The zero-order valence-electron chi connectivity index (χ0n) is 20.5. The summed E-state index contributed by atoms with van der Waals surface area (Å²) in [7, 11) is -3.73. The third-order valence-electron chi connectivity index (χ3n) is 6.81. The molecule has 0 bridgehead atoms. The van der Waals surface area contributed by atoms with E-state index in [0.29, 0.717) is 38.6 Å². The molecule has 2 aromatic carbocycles. The lowest BCUT2D eigenvalue weighted by Crippen LogP contribution is -2.52. The first-order valence-electron chi connectivity index (χ1n) is 12.4. The van der Waals surface area contributed by atoms with Gasteiger partial charge < -0.3 is 9.80 Å². The van der Waals surface area contributed by atoms with Crippen LogP contribution in [-0.4, -0.2) is 73.0 Å². The topological polar surface area (TPSA) is 86.7 Å². The quantitative estimate of drug-likeness (QED) is 0.467. The summed E-state index contributed by atoms with van der Waals surface area (Å²) in [5.74, 6) is 0.961. The highest BCUT2D eigenvalue weighted by atomic mass is 32.2. The van der Waals surface area contributed by atoms with Gasteiger partial charge in [0.15, 0.2) is 5.82 Å². The van der Waals surface area contributed by atoms with E-state index >= 15 is 0 Å². The number of hydrogen-bond donors (Lipinski definition) is 0. The van der Waals surface area contributed by atoms with Crippen LogP contribution in [0, 0.1) is 12.8 Å². The summed E-state index contributed by atoms with van der Waals surface area (Å²) in [5, 5.41) is 8.76. The summed E-state index contributed by atoms with van der Waals surface area (Å²) in [6.07, 6.45) is 2.02. The Morgan fingerprint density at radius 3 is 2.22 bits per heavy atom. The minimum atomic E-state index is -3.73. The fourth-order valence-corrected chi connectivity index (χ4v) is 5.85. The second-order valence-corrected chi connectivity index (χ2v) is 11.5. The van der Waals surface area contributed by atoms with Crippen molar-refractivity contribution in [2.45, 2.75) is 24.7 Å². The fourth-order valence-electron chi connectivity index (χ4n) is 4.39. The molecule has 0 N–H and O–H groups in total. The first-order valence-corrected chi connectivity index (χ1v) is 13.8. The van der Waals surface area contributed by atoms with Gasteiger partial charge >= 0.3 is 0 Å². The summed E-state index contributed by atoms with van der Waals surface area (Å²) in [4.78, 5) is 17.3. The van der Waals surface area contributed by atoms with Crippen LogP contribution in [0.1, 0.15) is 18.4 Å². The molecule has 2 aliphatic rings. The molecule has 1 amide bonds. The molecule has 36 heavy (non-hydrogen) atoms. The number of carbonyl (C=O) groups excluding carboxylic acids is 1. The van der Waals surface area contributed by atoms with E-state index in [9.17, 15) is 13.2 Å². The molecular weight excluding hydrogens is 474 g/mol. The number of anilines is 1. The van der Waals surface area contributed by atoms with E-state index in [1.807, 2.05) is 49.4 Å². The van der Waals surface area contributed by atoms with Gasteiger partial charge in [-0.15, -0.1) is 10.2 Å². The monoisotopic (exact) mass is 505 g/mol. The van der Waals surface area contributed by atoms with Gasteiger partial charge in [0.25, 0.3) is 0 Å². The molecule has 2 fully saturated rings. The van der Waals surface area contributed by atoms with Crippen molar-refractivity contribution in [3.63, 3.8) is 0 Å². The molecule has 2 heterocycles. The Morgan fingerprint density at radius 2 is 1.61 bits per heavy atom. The van der Waals surface area contributed by atoms with Crippen molar-refractivity contribution in [1.82, 2.24) is 19.4 Å². The van der Waals surface area contributed by atoms with Crippen molar-refractivity contribution in [2.75, 3.05) is 44.2 Å². The standard InChI is InChI=1S/C27H31N5O3S/c1-21-7-11-24(12-8-21)36(34,35)32(19-22-9-10-22)20-27(33)31-17-15-30(16-18-31)26-14-13-25(28-29-26)23-5-3-2-4-6-23/h2-8,11-14,22H,9-10,15-20H2,1H3. The Balaban J connectivity index is 1.21. The Hall–Kier alpha value is -3.30. The number of benzene rings is 2. The van der Waals surface area contributed by atoms with Crippen molar-refractivity contribution in [3.8, 4) is 11.3 Å². The van der Waals surface area contributed by atoms with Crippen molar-refractivity contribution in [2.24, 2.45) is 5.92 Å². The van der Waals surface area contributed by atoms with Gasteiger partial charge in [-0.2, -0.15) is 4.31 Å². The van der Waals surface area contributed by atoms with Crippen molar-refractivity contribution >= 4 is 21.7 Å². The lowest BCUT2D eigenvalue weighted by atomic mass is 10.1. The first kappa shape index (κ1) is 24.4.